The van der Waals surface area contributed by atoms with E-state index in [9.17, 15) is 4.79 Å². The average Bonchev–Trinajstić information content (AvgIpc) is 2.63. The summed E-state index contributed by atoms with van der Waals surface area (Å²) in [5, 5.41) is 6.64. The van der Waals surface area contributed by atoms with Gasteiger partial charge in [-0.1, -0.05) is 19.1 Å². The molecule has 0 saturated carbocycles. The van der Waals surface area contributed by atoms with Crippen molar-refractivity contribution in [3.8, 4) is 0 Å². The van der Waals surface area contributed by atoms with Crippen LogP contribution < -0.4 is 16.4 Å². The first kappa shape index (κ1) is 22.7. The first-order chi connectivity index (χ1) is 12.1. The highest BCUT2D eigenvalue weighted by molar-refractivity contribution is 14.0. The van der Waals surface area contributed by atoms with Gasteiger partial charge in [-0.25, -0.2) is 0 Å². The molecule has 1 amide bonds. The van der Waals surface area contributed by atoms with Crippen molar-refractivity contribution in [2.24, 2.45) is 16.6 Å². The summed E-state index contributed by atoms with van der Waals surface area (Å²) in [7, 11) is 1.78. The van der Waals surface area contributed by atoms with E-state index in [4.69, 9.17) is 5.73 Å². The fourth-order valence-corrected chi connectivity index (χ4v) is 2.99. The van der Waals surface area contributed by atoms with Gasteiger partial charge in [0.15, 0.2) is 5.96 Å². The van der Waals surface area contributed by atoms with E-state index in [0.29, 0.717) is 12.1 Å². The molecule has 0 atom stereocenters. The van der Waals surface area contributed by atoms with Crippen molar-refractivity contribution in [2.45, 2.75) is 32.7 Å². The van der Waals surface area contributed by atoms with E-state index in [0.717, 1.165) is 37.0 Å². The van der Waals surface area contributed by atoms with Crippen LogP contribution in [0.15, 0.2) is 29.3 Å². The minimum Gasteiger partial charge on any atom is -0.366 e. The van der Waals surface area contributed by atoms with Gasteiger partial charge in [0.2, 0.25) is 5.91 Å². The number of likely N-dealkylation sites (tertiary alicyclic amines) is 1. The number of primary amides is 1. The maximum absolute atomic E-state index is 11.1. The van der Waals surface area contributed by atoms with Crippen LogP contribution in [-0.4, -0.2) is 50.0 Å². The van der Waals surface area contributed by atoms with Crippen molar-refractivity contribution in [1.82, 2.24) is 15.5 Å². The van der Waals surface area contributed by atoms with Crippen molar-refractivity contribution in [1.29, 1.82) is 0 Å². The smallest absolute Gasteiger partial charge is 0.248 e. The lowest BCUT2D eigenvalue weighted by atomic mass is 9.99. The van der Waals surface area contributed by atoms with Crippen molar-refractivity contribution >= 4 is 35.8 Å². The number of hydrogen-bond donors (Lipinski definition) is 3. The highest BCUT2D eigenvalue weighted by Gasteiger charge is 2.14. The van der Waals surface area contributed by atoms with E-state index in [2.05, 4.69) is 27.4 Å². The lowest BCUT2D eigenvalue weighted by Crippen LogP contribution is -2.39. The van der Waals surface area contributed by atoms with E-state index in [1.54, 1.807) is 19.2 Å². The molecule has 1 heterocycles. The second-order valence-corrected chi connectivity index (χ2v) is 6.79. The van der Waals surface area contributed by atoms with Crippen molar-refractivity contribution < 1.29 is 4.79 Å². The molecule has 1 aliphatic heterocycles. The number of guanidine groups is 1. The van der Waals surface area contributed by atoms with Crippen LogP contribution in [0.2, 0.25) is 0 Å². The first-order valence-electron chi connectivity index (χ1n) is 9.14. The number of carbonyl (C=O) groups is 1. The Bertz CT molecular complexity index is 568. The summed E-state index contributed by atoms with van der Waals surface area (Å²) in [4.78, 5) is 17.9. The number of hydrogen-bond acceptors (Lipinski definition) is 3. The Morgan fingerprint density at radius 1 is 1.23 bits per heavy atom. The van der Waals surface area contributed by atoms with E-state index >= 15 is 0 Å². The van der Waals surface area contributed by atoms with Crippen molar-refractivity contribution in [3.63, 3.8) is 0 Å². The molecule has 1 aromatic rings. The second kappa shape index (κ2) is 12.1. The molecule has 1 saturated heterocycles. The highest BCUT2D eigenvalue weighted by Crippen LogP contribution is 2.15. The molecule has 6 nitrogen and oxygen atoms in total. The topological polar surface area (TPSA) is 82.8 Å². The number of halogens is 1. The van der Waals surface area contributed by atoms with E-state index in [1.807, 2.05) is 12.1 Å². The lowest BCUT2D eigenvalue weighted by Gasteiger charge is -2.30. The normalized spacial score (nSPS) is 16.0. The number of piperidine rings is 1. The van der Waals surface area contributed by atoms with Crippen molar-refractivity contribution in [2.75, 3.05) is 33.2 Å². The molecular weight excluding hydrogens is 441 g/mol. The van der Waals surface area contributed by atoms with Crippen LogP contribution in [-0.2, 0) is 6.54 Å². The lowest BCUT2D eigenvalue weighted by molar-refractivity contribution is 0.100. The van der Waals surface area contributed by atoms with Crippen LogP contribution in [0.4, 0.5) is 0 Å². The van der Waals surface area contributed by atoms with Crippen LogP contribution in [0.1, 0.15) is 42.1 Å². The minimum absolute atomic E-state index is 0. The molecule has 0 aromatic heterocycles. The Morgan fingerprint density at radius 3 is 2.46 bits per heavy atom. The number of rotatable bonds is 7. The predicted molar refractivity (Wildman–Crippen MR) is 118 cm³/mol. The molecule has 146 valence electrons. The number of benzene rings is 1. The number of nitrogens with two attached hydrogens (primary N) is 1. The average molecular weight is 473 g/mol. The Hall–Kier alpha value is -1.35. The molecule has 26 heavy (non-hydrogen) atoms. The van der Waals surface area contributed by atoms with Gasteiger partial charge in [-0.15, -0.1) is 24.0 Å². The summed E-state index contributed by atoms with van der Waals surface area (Å²) < 4.78 is 0. The molecule has 1 aromatic carbocycles. The van der Waals surface area contributed by atoms with Crippen LogP contribution in [0.3, 0.4) is 0 Å². The summed E-state index contributed by atoms with van der Waals surface area (Å²) in [5.74, 6) is 1.28. The molecule has 0 radical (unpaired) electrons. The monoisotopic (exact) mass is 473 g/mol. The van der Waals surface area contributed by atoms with Gasteiger partial charge in [-0.3, -0.25) is 9.79 Å². The maximum atomic E-state index is 11.1. The standard InChI is InChI=1S/C19H31N5O.HI/c1-15-8-12-24(13-9-15)11-3-10-22-19(21-2)23-14-16-4-6-17(7-5-16)18(20)25;/h4-7,15H,3,8-14H2,1-2H3,(H2,20,25)(H2,21,22,23);1H. The third-order valence-corrected chi connectivity index (χ3v) is 4.74. The predicted octanol–water partition coefficient (Wildman–Crippen LogP) is 2.19. The van der Waals surface area contributed by atoms with Gasteiger partial charge in [0.25, 0.3) is 0 Å². The molecule has 4 N–H and O–H groups in total. The Morgan fingerprint density at radius 2 is 1.88 bits per heavy atom. The number of nitrogens with zero attached hydrogens (tertiary/aromatic N) is 2. The molecule has 0 spiro atoms. The quantitative estimate of drug-likeness (QED) is 0.246. The second-order valence-electron chi connectivity index (χ2n) is 6.79. The Balaban J connectivity index is 0.00000338. The fourth-order valence-electron chi connectivity index (χ4n) is 2.99. The SMILES string of the molecule is CN=C(NCCCN1CCC(C)CC1)NCc1ccc(C(N)=O)cc1.I. The number of carbonyl (C=O) groups excluding carboxylic acids is 1. The molecule has 1 aliphatic rings. The van der Waals surface area contributed by atoms with Gasteiger partial charge in [0.05, 0.1) is 0 Å². The summed E-state index contributed by atoms with van der Waals surface area (Å²) in [6.07, 6.45) is 3.76. The third kappa shape index (κ3) is 7.90. The van der Waals surface area contributed by atoms with Gasteiger partial charge in [0, 0.05) is 25.7 Å². The third-order valence-electron chi connectivity index (χ3n) is 4.74. The van der Waals surface area contributed by atoms with Gasteiger partial charge in [-0.2, -0.15) is 0 Å². The number of aliphatic imine (C=N–C) groups is 1. The van der Waals surface area contributed by atoms with Crippen LogP contribution in [0.5, 0.6) is 0 Å². The van der Waals surface area contributed by atoms with Gasteiger partial charge in [-0.05, 0) is 62.5 Å². The number of amides is 1. The summed E-state index contributed by atoms with van der Waals surface area (Å²) in [6.45, 7) is 7.52. The Labute approximate surface area is 174 Å². The molecule has 0 bridgehead atoms. The highest BCUT2D eigenvalue weighted by atomic mass is 127. The largest absolute Gasteiger partial charge is 0.366 e. The van der Waals surface area contributed by atoms with E-state index in [-0.39, 0.29) is 24.0 Å². The zero-order chi connectivity index (χ0) is 18.1. The van der Waals surface area contributed by atoms with Gasteiger partial charge < -0.3 is 21.3 Å². The zero-order valence-electron chi connectivity index (χ0n) is 15.8. The zero-order valence-corrected chi connectivity index (χ0v) is 18.2. The minimum atomic E-state index is -0.403. The van der Waals surface area contributed by atoms with Crippen LogP contribution in [0, 0.1) is 5.92 Å². The van der Waals surface area contributed by atoms with Gasteiger partial charge in [0.1, 0.15) is 0 Å². The number of nitrogens with one attached hydrogen (secondary N) is 2. The summed E-state index contributed by atoms with van der Waals surface area (Å²) in [6, 6.07) is 7.29. The van der Waals surface area contributed by atoms with E-state index in [1.165, 1.54) is 25.9 Å². The molecule has 0 aliphatic carbocycles. The fraction of sp³-hybridized carbons (Fsp3) is 0.579. The summed E-state index contributed by atoms with van der Waals surface area (Å²) in [5.41, 5.74) is 6.85. The van der Waals surface area contributed by atoms with Crippen LogP contribution >= 0.6 is 24.0 Å². The van der Waals surface area contributed by atoms with E-state index < -0.39 is 5.91 Å². The van der Waals surface area contributed by atoms with Crippen molar-refractivity contribution in [3.05, 3.63) is 35.4 Å². The maximum Gasteiger partial charge on any atom is 0.248 e. The molecule has 1 fully saturated rings. The molecule has 2 rings (SSSR count). The molecule has 7 heteroatoms. The molecular formula is C19H32IN5O. The van der Waals surface area contributed by atoms with Gasteiger partial charge >= 0.3 is 0 Å². The summed E-state index contributed by atoms with van der Waals surface area (Å²) >= 11 is 0. The van der Waals surface area contributed by atoms with Crippen LogP contribution in [0.25, 0.3) is 0 Å². The molecule has 0 unspecified atom stereocenters. The first-order valence-corrected chi connectivity index (χ1v) is 9.14. The Kier molecular flexibility index (Phi) is 10.6.